The van der Waals surface area contributed by atoms with Crippen molar-refractivity contribution in [1.82, 2.24) is 14.8 Å². The van der Waals surface area contributed by atoms with Crippen LogP contribution in [0.5, 0.6) is 0 Å². The number of halogens is 3. The first kappa shape index (κ1) is 14.4. The van der Waals surface area contributed by atoms with Gasteiger partial charge in [-0.25, -0.2) is 4.98 Å². The number of nitrogens with zero attached hydrogens (tertiary/aromatic N) is 4. The first-order valence-corrected chi connectivity index (χ1v) is 6.26. The van der Waals surface area contributed by atoms with Crippen molar-refractivity contribution in [2.24, 2.45) is 0 Å². The van der Waals surface area contributed by atoms with Gasteiger partial charge in [0.15, 0.2) is 0 Å². The van der Waals surface area contributed by atoms with Gasteiger partial charge < -0.3 is 4.90 Å². The normalized spacial score (nSPS) is 11.6. The second kappa shape index (κ2) is 5.94. The molecule has 0 fully saturated rings. The van der Waals surface area contributed by atoms with E-state index in [-0.39, 0.29) is 0 Å². The molecule has 0 spiro atoms. The highest BCUT2D eigenvalue weighted by molar-refractivity contribution is 5.39. The molecule has 0 saturated heterocycles. The van der Waals surface area contributed by atoms with Crippen molar-refractivity contribution in [3.05, 3.63) is 42.4 Å². The van der Waals surface area contributed by atoms with Crippen LogP contribution in [0.25, 0.3) is 0 Å². The Morgan fingerprint density at radius 2 is 2.10 bits per heavy atom. The van der Waals surface area contributed by atoms with Gasteiger partial charge in [0.2, 0.25) is 0 Å². The smallest absolute Gasteiger partial charge is 0.355 e. The van der Waals surface area contributed by atoms with Gasteiger partial charge in [-0.05, 0) is 25.1 Å². The van der Waals surface area contributed by atoms with Gasteiger partial charge in [-0.1, -0.05) is 0 Å². The molecule has 2 aromatic heterocycles. The third-order valence-electron chi connectivity index (χ3n) is 2.94. The van der Waals surface area contributed by atoms with E-state index < -0.39 is 11.7 Å². The van der Waals surface area contributed by atoms with E-state index in [1.807, 2.05) is 24.1 Å². The van der Waals surface area contributed by atoms with Crippen LogP contribution in [0.3, 0.4) is 0 Å². The number of likely N-dealkylation sites (N-methyl/N-ethyl adjacent to an activating group) is 1. The van der Waals surface area contributed by atoms with Crippen molar-refractivity contribution in [1.29, 1.82) is 0 Å². The summed E-state index contributed by atoms with van der Waals surface area (Å²) >= 11 is 0. The van der Waals surface area contributed by atoms with E-state index in [1.165, 1.54) is 6.07 Å². The number of anilines is 1. The van der Waals surface area contributed by atoms with E-state index in [0.717, 1.165) is 12.3 Å². The molecule has 7 heteroatoms. The Labute approximate surface area is 114 Å². The van der Waals surface area contributed by atoms with E-state index in [2.05, 4.69) is 10.1 Å². The zero-order valence-corrected chi connectivity index (χ0v) is 11.0. The maximum absolute atomic E-state index is 12.5. The predicted octanol–water partition coefficient (Wildman–Crippen LogP) is 2.82. The average Bonchev–Trinajstić information content (AvgIpc) is 2.92. The summed E-state index contributed by atoms with van der Waals surface area (Å²) < 4.78 is 39.2. The Hall–Kier alpha value is -2.05. The molecule has 20 heavy (non-hydrogen) atoms. The minimum Gasteiger partial charge on any atom is -0.355 e. The molecule has 0 saturated carbocycles. The fourth-order valence-electron chi connectivity index (χ4n) is 1.83. The van der Waals surface area contributed by atoms with Gasteiger partial charge in [0.25, 0.3) is 0 Å². The maximum atomic E-state index is 12.5. The lowest BCUT2D eigenvalue weighted by molar-refractivity contribution is -0.137. The van der Waals surface area contributed by atoms with Crippen molar-refractivity contribution < 1.29 is 13.2 Å². The molecule has 2 aromatic rings. The van der Waals surface area contributed by atoms with Crippen LogP contribution in [0.4, 0.5) is 19.0 Å². The zero-order valence-electron chi connectivity index (χ0n) is 11.0. The van der Waals surface area contributed by atoms with Crippen LogP contribution in [-0.2, 0) is 12.7 Å². The second-order valence-electron chi connectivity index (χ2n) is 4.25. The largest absolute Gasteiger partial charge is 0.417 e. The van der Waals surface area contributed by atoms with E-state index in [4.69, 9.17) is 0 Å². The minimum atomic E-state index is -4.35. The molecule has 0 aliphatic heterocycles. The van der Waals surface area contributed by atoms with Crippen LogP contribution in [0, 0.1) is 0 Å². The lowest BCUT2D eigenvalue weighted by atomic mass is 10.2. The third-order valence-corrected chi connectivity index (χ3v) is 2.94. The lowest BCUT2D eigenvalue weighted by Crippen LogP contribution is -2.28. The van der Waals surface area contributed by atoms with Crippen LogP contribution < -0.4 is 4.90 Å². The van der Waals surface area contributed by atoms with Gasteiger partial charge in [0.1, 0.15) is 5.82 Å². The molecule has 108 valence electrons. The van der Waals surface area contributed by atoms with Gasteiger partial charge in [-0.15, -0.1) is 0 Å². The fourth-order valence-corrected chi connectivity index (χ4v) is 1.83. The molecule has 0 radical (unpaired) electrons. The number of hydrogen-bond donors (Lipinski definition) is 0. The molecule has 4 nitrogen and oxygen atoms in total. The Bertz CT molecular complexity index is 520. The molecule has 0 aliphatic rings. The van der Waals surface area contributed by atoms with Crippen molar-refractivity contribution in [2.75, 3.05) is 18.0 Å². The number of alkyl halides is 3. The molecule has 0 amide bonds. The van der Waals surface area contributed by atoms with Crippen LogP contribution in [0.15, 0.2) is 36.8 Å². The molecule has 0 aromatic carbocycles. The van der Waals surface area contributed by atoms with Gasteiger partial charge in [0.05, 0.1) is 12.1 Å². The van der Waals surface area contributed by atoms with Crippen molar-refractivity contribution in [3.8, 4) is 0 Å². The first-order chi connectivity index (χ1) is 9.50. The van der Waals surface area contributed by atoms with Crippen LogP contribution >= 0.6 is 0 Å². The zero-order chi connectivity index (χ0) is 14.6. The molecule has 0 N–H and O–H groups in total. The fraction of sp³-hybridized carbons (Fsp3) is 0.385. The summed E-state index contributed by atoms with van der Waals surface area (Å²) in [6, 6.07) is 4.28. The highest BCUT2D eigenvalue weighted by Gasteiger charge is 2.30. The van der Waals surface area contributed by atoms with E-state index in [0.29, 0.717) is 25.5 Å². The third kappa shape index (κ3) is 3.49. The van der Waals surface area contributed by atoms with Crippen LogP contribution in [-0.4, -0.2) is 27.9 Å². The first-order valence-electron chi connectivity index (χ1n) is 6.26. The summed E-state index contributed by atoms with van der Waals surface area (Å²) in [7, 11) is 0. The number of pyridine rings is 1. The molecular weight excluding hydrogens is 269 g/mol. The quantitative estimate of drug-likeness (QED) is 0.846. The topological polar surface area (TPSA) is 34.0 Å². The predicted molar refractivity (Wildman–Crippen MR) is 69.4 cm³/mol. The minimum absolute atomic E-state index is 0.535. The molecule has 2 heterocycles. The standard InChI is InChI=1S/C13H15F3N4/c1-2-19(8-9-20-7-3-6-18-20)12-5-4-11(10-17-12)13(14,15)16/h3-7,10H,2,8-9H2,1H3. The number of hydrogen-bond acceptors (Lipinski definition) is 3. The summed E-state index contributed by atoms with van der Waals surface area (Å²) in [4.78, 5) is 5.80. The van der Waals surface area contributed by atoms with E-state index >= 15 is 0 Å². The summed E-state index contributed by atoms with van der Waals surface area (Å²) in [5, 5.41) is 4.08. The van der Waals surface area contributed by atoms with Crippen molar-refractivity contribution in [2.45, 2.75) is 19.6 Å². The Morgan fingerprint density at radius 3 is 2.60 bits per heavy atom. The SMILES string of the molecule is CCN(CCn1cccn1)c1ccc(C(F)(F)F)cn1. The summed E-state index contributed by atoms with van der Waals surface area (Å²) in [5.74, 6) is 0.535. The van der Waals surface area contributed by atoms with Gasteiger partial charge in [-0.2, -0.15) is 18.3 Å². The second-order valence-corrected chi connectivity index (χ2v) is 4.25. The van der Waals surface area contributed by atoms with Crippen LogP contribution in [0.2, 0.25) is 0 Å². The molecule has 0 bridgehead atoms. The average molecular weight is 284 g/mol. The van der Waals surface area contributed by atoms with Gasteiger partial charge >= 0.3 is 6.18 Å². The number of rotatable bonds is 5. The molecule has 0 atom stereocenters. The monoisotopic (exact) mass is 284 g/mol. The Balaban J connectivity index is 2.04. The molecular formula is C13H15F3N4. The van der Waals surface area contributed by atoms with E-state index in [9.17, 15) is 13.2 Å². The summed E-state index contributed by atoms with van der Waals surface area (Å²) in [6.45, 7) is 3.89. The van der Waals surface area contributed by atoms with Gasteiger partial charge in [0, 0.05) is 31.7 Å². The van der Waals surface area contributed by atoms with Crippen molar-refractivity contribution >= 4 is 5.82 Å². The summed E-state index contributed by atoms with van der Waals surface area (Å²) in [6.07, 6.45) is 0.0459. The van der Waals surface area contributed by atoms with Gasteiger partial charge in [-0.3, -0.25) is 4.68 Å². The highest BCUT2D eigenvalue weighted by Crippen LogP contribution is 2.29. The lowest BCUT2D eigenvalue weighted by Gasteiger charge is -2.22. The Morgan fingerprint density at radius 1 is 1.30 bits per heavy atom. The maximum Gasteiger partial charge on any atom is 0.417 e. The number of aromatic nitrogens is 3. The molecule has 0 unspecified atom stereocenters. The molecule has 0 aliphatic carbocycles. The van der Waals surface area contributed by atoms with Crippen molar-refractivity contribution in [3.63, 3.8) is 0 Å². The Kier molecular flexibility index (Phi) is 4.26. The highest BCUT2D eigenvalue weighted by atomic mass is 19.4. The summed E-state index contributed by atoms with van der Waals surface area (Å²) in [5.41, 5.74) is -0.732. The molecule has 2 rings (SSSR count). The van der Waals surface area contributed by atoms with Crippen LogP contribution in [0.1, 0.15) is 12.5 Å². The van der Waals surface area contributed by atoms with E-state index in [1.54, 1.807) is 10.9 Å².